The summed E-state index contributed by atoms with van der Waals surface area (Å²) < 4.78 is 10.5. The van der Waals surface area contributed by atoms with Gasteiger partial charge in [0.1, 0.15) is 0 Å². The third-order valence-electron chi connectivity index (χ3n) is 2.08. The second-order valence-electron chi connectivity index (χ2n) is 2.77. The molecule has 0 heterocycles. The molecule has 0 spiro atoms. The maximum Gasteiger partial charge on any atom is 0.351 e. The predicted octanol–water partition coefficient (Wildman–Crippen LogP) is -0.929. The van der Waals surface area contributed by atoms with E-state index < -0.39 is 8.56 Å². The molecule has 0 bridgehead atoms. The third-order valence-corrected chi connectivity index (χ3v) is 5.34. The molecule has 0 radical (unpaired) electrons. The minimum absolute atomic E-state index is 0.0523. The third kappa shape index (κ3) is 3.17. The Morgan fingerprint density at radius 1 is 1.42 bits per heavy atom. The van der Waals surface area contributed by atoms with Crippen LogP contribution in [0.15, 0.2) is 0 Å². The lowest BCUT2D eigenvalue weighted by molar-refractivity contribution is 0.235. The largest absolute Gasteiger partial charge is 0.397 e. The van der Waals surface area contributed by atoms with E-state index in [0.29, 0.717) is 6.54 Å². The monoisotopic (exact) mass is 193 g/mol. The van der Waals surface area contributed by atoms with Crippen LogP contribution in [-0.4, -0.2) is 35.0 Å². The lowest BCUT2D eigenvalue weighted by Crippen LogP contribution is -2.55. The number of hydrazine groups is 1. The topological polar surface area (TPSA) is 82.5 Å². The summed E-state index contributed by atoms with van der Waals surface area (Å²) in [5, 5.41) is 0. The fourth-order valence-corrected chi connectivity index (χ4v) is 2.33. The molecule has 74 valence electrons. The van der Waals surface area contributed by atoms with Crippen LogP contribution in [0.3, 0.4) is 0 Å². The number of hydrogen-bond donors (Lipinski definition) is 3. The Morgan fingerprint density at radius 3 is 2.25 bits per heavy atom. The summed E-state index contributed by atoms with van der Waals surface area (Å²) in [5.41, 5.74) is 8.37. The van der Waals surface area contributed by atoms with E-state index in [4.69, 9.17) is 20.4 Å². The van der Waals surface area contributed by atoms with Gasteiger partial charge in [0.2, 0.25) is 0 Å². The molecule has 0 aliphatic heterocycles. The maximum atomic E-state index is 5.88. The Balaban J connectivity index is 3.93. The van der Waals surface area contributed by atoms with Crippen molar-refractivity contribution in [1.29, 1.82) is 0 Å². The van der Waals surface area contributed by atoms with Crippen LogP contribution in [0.5, 0.6) is 0 Å². The maximum absolute atomic E-state index is 5.88. The van der Waals surface area contributed by atoms with Crippen LogP contribution in [0.4, 0.5) is 0 Å². The normalized spacial score (nSPS) is 14.8. The minimum atomic E-state index is -2.16. The highest BCUT2D eigenvalue weighted by molar-refractivity contribution is 6.67. The fourth-order valence-electron chi connectivity index (χ4n) is 0.887. The van der Waals surface area contributed by atoms with Gasteiger partial charge < -0.3 is 14.6 Å². The number of hydrogen-bond acceptors (Lipinski definition) is 5. The molecule has 0 aromatic carbocycles. The molecule has 0 aliphatic rings. The van der Waals surface area contributed by atoms with Crippen molar-refractivity contribution < 1.29 is 8.85 Å². The Hall–Kier alpha value is 0.0169. The van der Waals surface area contributed by atoms with Crippen molar-refractivity contribution in [2.45, 2.75) is 18.6 Å². The lowest BCUT2D eigenvalue weighted by Gasteiger charge is -2.28. The Bertz CT molecular complexity index is 121. The molecular formula is C6H19N3O2Si. The van der Waals surface area contributed by atoms with E-state index in [0.717, 1.165) is 6.42 Å². The molecule has 12 heavy (non-hydrogen) atoms. The van der Waals surface area contributed by atoms with E-state index in [2.05, 4.69) is 5.43 Å². The first-order valence-corrected chi connectivity index (χ1v) is 6.29. The van der Waals surface area contributed by atoms with E-state index in [1.54, 1.807) is 14.2 Å². The van der Waals surface area contributed by atoms with Crippen LogP contribution in [0.25, 0.3) is 0 Å². The Morgan fingerprint density at radius 2 is 1.92 bits per heavy atom. The molecule has 0 aromatic heterocycles. The Labute approximate surface area is 74.6 Å². The number of nitrogens with two attached hydrogens (primary N) is 2. The van der Waals surface area contributed by atoms with Gasteiger partial charge in [-0.25, -0.2) is 0 Å². The summed E-state index contributed by atoms with van der Waals surface area (Å²) in [6.07, 6.45) is 0.765. The summed E-state index contributed by atoms with van der Waals surface area (Å²) in [7, 11) is 1.11. The Kier molecular flexibility index (Phi) is 5.63. The molecular weight excluding hydrogens is 174 g/mol. The molecule has 0 fully saturated rings. The highest BCUT2D eigenvalue weighted by atomic mass is 28.4. The number of rotatable bonds is 6. The SMILES string of the molecule is CO[Si](C)(OC)C(N)CCNN. The van der Waals surface area contributed by atoms with Crippen LogP contribution in [0.1, 0.15) is 6.42 Å². The minimum Gasteiger partial charge on any atom is -0.397 e. The fraction of sp³-hybridized carbons (Fsp3) is 1.00. The van der Waals surface area contributed by atoms with Gasteiger partial charge in [-0.2, -0.15) is 0 Å². The van der Waals surface area contributed by atoms with Gasteiger partial charge in [-0.1, -0.05) is 0 Å². The molecule has 5 N–H and O–H groups in total. The van der Waals surface area contributed by atoms with Crippen molar-refractivity contribution >= 4 is 8.56 Å². The predicted molar refractivity (Wildman–Crippen MR) is 50.4 cm³/mol. The molecule has 5 nitrogen and oxygen atoms in total. The average molecular weight is 193 g/mol. The van der Waals surface area contributed by atoms with Crippen molar-refractivity contribution in [3.63, 3.8) is 0 Å². The zero-order chi connectivity index (χ0) is 9.61. The van der Waals surface area contributed by atoms with Gasteiger partial charge in [0.25, 0.3) is 0 Å². The van der Waals surface area contributed by atoms with Crippen molar-refractivity contribution in [3.05, 3.63) is 0 Å². The van der Waals surface area contributed by atoms with E-state index in [9.17, 15) is 0 Å². The quantitative estimate of drug-likeness (QED) is 0.288. The van der Waals surface area contributed by atoms with Crippen molar-refractivity contribution in [3.8, 4) is 0 Å². The van der Waals surface area contributed by atoms with Crippen molar-refractivity contribution in [1.82, 2.24) is 5.43 Å². The molecule has 6 heteroatoms. The molecule has 1 atom stereocenters. The van der Waals surface area contributed by atoms with Gasteiger partial charge in [0.05, 0.1) is 0 Å². The second kappa shape index (κ2) is 5.63. The van der Waals surface area contributed by atoms with Crippen LogP contribution in [0.2, 0.25) is 6.55 Å². The molecule has 0 saturated carbocycles. The van der Waals surface area contributed by atoms with Crippen LogP contribution >= 0.6 is 0 Å². The summed E-state index contributed by atoms with van der Waals surface area (Å²) in [5.74, 6) is 5.13. The molecule has 0 amide bonds. The zero-order valence-electron chi connectivity index (χ0n) is 7.96. The first-order valence-electron chi connectivity index (χ1n) is 3.90. The summed E-state index contributed by atoms with van der Waals surface area (Å²) >= 11 is 0. The van der Waals surface area contributed by atoms with E-state index >= 15 is 0 Å². The average Bonchev–Trinajstić information content (AvgIpc) is 2.12. The summed E-state index contributed by atoms with van der Waals surface area (Å²) in [6, 6.07) is 0. The van der Waals surface area contributed by atoms with Gasteiger partial charge in [0.15, 0.2) is 0 Å². The first kappa shape index (κ1) is 12.0. The second-order valence-corrected chi connectivity index (χ2v) is 6.36. The van der Waals surface area contributed by atoms with E-state index in [-0.39, 0.29) is 5.67 Å². The number of nitrogens with one attached hydrogen (secondary N) is 1. The standard InChI is InChI=1S/C6H19N3O2Si/c1-10-12(3,11-2)6(7)4-5-9-8/h6,9H,4-5,7-8H2,1-3H3. The van der Waals surface area contributed by atoms with Crippen LogP contribution in [-0.2, 0) is 8.85 Å². The lowest BCUT2D eigenvalue weighted by atomic mass is 10.4. The van der Waals surface area contributed by atoms with Crippen LogP contribution in [0, 0.1) is 0 Å². The summed E-state index contributed by atoms with van der Waals surface area (Å²) in [6.45, 7) is 2.62. The van der Waals surface area contributed by atoms with E-state index in [1.807, 2.05) is 6.55 Å². The zero-order valence-corrected chi connectivity index (χ0v) is 8.96. The van der Waals surface area contributed by atoms with Crippen LogP contribution < -0.4 is 17.0 Å². The van der Waals surface area contributed by atoms with Crippen molar-refractivity contribution in [2.24, 2.45) is 11.6 Å². The smallest absolute Gasteiger partial charge is 0.351 e. The molecule has 0 aromatic rings. The van der Waals surface area contributed by atoms with E-state index in [1.165, 1.54) is 0 Å². The highest BCUT2D eigenvalue weighted by Crippen LogP contribution is 2.10. The van der Waals surface area contributed by atoms with Gasteiger partial charge in [-0.05, 0) is 13.0 Å². The first-order chi connectivity index (χ1) is 5.60. The highest BCUT2D eigenvalue weighted by Gasteiger charge is 2.36. The molecule has 1 unspecified atom stereocenters. The van der Waals surface area contributed by atoms with Gasteiger partial charge in [-0.15, -0.1) is 0 Å². The summed E-state index contributed by atoms with van der Waals surface area (Å²) in [4.78, 5) is 0. The molecule has 0 saturated heterocycles. The van der Waals surface area contributed by atoms with Gasteiger partial charge >= 0.3 is 8.56 Å². The van der Waals surface area contributed by atoms with Gasteiger partial charge in [0, 0.05) is 26.4 Å². The molecule has 0 rings (SSSR count). The van der Waals surface area contributed by atoms with Gasteiger partial charge in [-0.3, -0.25) is 11.3 Å². The molecule has 0 aliphatic carbocycles. The van der Waals surface area contributed by atoms with Crippen molar-refractivity contribution in [2.75, 3.05) is 20.8 Å².